The van der Waals surface area contributed by atoms with Gasteiger partial charge in [-0.1, -0.05) is 12.1 Å². The van der Waals surface area contributed by atoms with Crippen molar-refractivity contribution < 1.29 is 10.2 Å². The van der Waals surface area contributed by atoms with E-state index in [4.69, 9.17) is 5.73 Å². The Balaban J connectivity index is 1.85. The molecule has 4 nitrogen and oxygen atoms in total. The van der Waals surface area contributed by atoms with Gasteiger partial charge in [-0.25, -0.2) is 0 Å². The van der Waals surface area contributed by atoms with Crippen molar-refractivity contribution in [2.24, 2.45) is 0 Å². The monoisotopic (exact) mass is 284 g/mol. The van der Waals surface area contributed by atoms with Crippen LogP contribution in [0, 0.1) is 0 Å². The number of phenolic OH excluding ortho intramolecular Hbond substituents is 2. The summed E-state index contributed by atoms with van der Waals surface area (Å²) in [5.74, 6) is 0.192. The van der Waals surface area contributed by atoms with E-state index in [0.717, 1.165) is 30.8 Å². The highest BCUT2D eigenvalue weighted by molar-refractivity contribution is 5.52. The fraction of sp³-hybridized carbons (Fsp3) is 0.294. The van der Waals surface area contributed by atoms with E-state index in [2.05, 4.69) is 17.9 Å². The van der Waals surface area contributed by atoms with Gasteiger partial charge in [-0.05, 0) is 48.2 Å². The molecular formula is C17H20N2O2. The van der Waals surface area contributed by atoms with E-state index >= 15 is 0 Å². The van der Waals surface area contributed by atoms with E-state index in [1.165, 1.54) is 17.2 Å². The van der Waals surface area contributed by atoms with Gasteiger partial charge in [0.15, 0.2) is 0 Å². The molecule has 0 saturated heterocycles. The summed E-state index contributed by atoms with van der Waals surface area (Å²) in [7, 11) is 0. The molecule has 2 aromatic rings. The quantitative estimate of drug-likeness (QED) is 0.742. The van der Waals surface area contributed by atoms with Crippen molar-refractivity contribution in [1.82, 2.24) is 4.90 Å². The lowest BCUT2D eigenvalue weighted by molar-refractivity contribution is 0.192. The van der Waals surface area contributed by atoms with E-state index in [1.807, 2.05) is 12.1 Å². The molecule has 0 saturated carbocycles. The highest BCUT2D eigenvalue weighted by atomic mass is 16.3. The Kier molecular flexibility index (Phi) is 3.47. The van der Waals surface area contributed by atoms with Gasteiger partial charge in [0.1, 0.15) is 11.5 Å². The maximum absolute atomic E-state index is 9.64. The van der Waals surface area contributed by atoms with Gasteiger partial charge in [0.05, 0.1) is 0 Å². The standard InChI is InChI=1S/C17H20N2O2/c1-11(13-7-14(20)9-15(21)8-13)19-6-5-16-12(10-19)3-2-4-17(16)18/h2-4,7-9,11,20-21H,5-6,10,18H2,1H3. The average molecular weight is 284 g/mol. The first kappa shape index (κ1) is 13.8. The summed E-state index contributed by atoms with van der Waals surface area (Å²) in [6, 6.07) is 10.9. The lowest BCUT2D eigenvalue weighted by atomic mass is 9.95. The van der Waals surface area contributed by atoms with Gasteiger partial charge in [-0.15, -0.1) is 0 Å². The summed E-state index contributed by atoms with van der Waals surface area (Å²) in [6.07, 6.45) is 0.928. The van der Waals surface area contributed by atoms with Crippen LogP contribution in [-0.4, -0.2) is 21.7 Å². The summed E-state index contributed by atoms with van der Waals surface area (Å²) in [4.78, 5) is 2.33. The van der Waals surface area contributed by atoms with E-state index in [1.54, 1.807) is 12.1 Å². The highest BCUT2D eigenvalue weighted by Gasteiger charge is 2.23. The molecule has 0 fully saturated rings. The molecule has 1 aliphatic rings. The van der Waals surface area contributed by atoms with Crippen molar-refractivity contribution in [1.29, 1.82) is 0 Å². The van der Waals surface area contributed by atoms with Crippen molar-refractivity contribution in [3.05, 3.63) is 53.1 Å². The Labute approximate surface area is 124 Å². The maximum atomic E-state index is 9.64. The number of nitrogen functional groups attached to an aromatic ring is 1. The van der Waals surface area contributed by atoms with Gasteiger partial charge < -0.3 is 15.9 Å². The number of nitrogens with two attached hydrogens (primary N) is 1. The first-order valence-electron chi connectivity index (χ1n) is 7.18. The Hall–Kier alpha value is -2.20. The van der Waals surface area contributed by atoms with Crippen LogP contribution < -0.4 is 5.73 Å². The Morgan fingerprint density at radius 1 is 1.14 bits per heavy atom. The number of aromatic hydroxyl groups is 2. The summed E-state index contributed by atoms with van der Waals surface area (Å²) < 4.78 is 0. The number of benzene rings is 2. The summed E-state index contributed by atoms with van der Waals surface area (Å²) >= 11 is 0. The maximum Gasteiger partial charge on any atom is 0.119 e. The number of hydrogen-bond donors (Lipinski definition) is 3. The molecule has 4 N–H and O–H groups in total. The number of hydrogen-bond acceptors (Lipinski definition) is 4. The molecule has 21 heavy (non-hydrogen) atoms. The third-order valence-corrected chi connectivity index (χ3v) is 4.29. The molecule has 0 aromatic heterocycles. The molecular weight excluding hydrogens is 264 g/mol. The van der Waals surface area contributed by atoms with Crippen molar-refractivity contribution >= 4 is 5.69 Å². The Morgan fingerprint density at radius 2 is 1.86 bits per heavy atom. The lowest BCUT2D eigenvalue weighted by Gasteiger charge is -2.34. The molecule has 0 aliphatic carbocycles. The predicted molar refractivity (Wildman–Crippen MR) is 83.2 cm³/mol. The van der Waals surface area contributed by atoms with Gasteiger partial charge in [0.2, 0.25) is 0 Å². The van der Waals surface area contributed by atoms with Crippen LogP contribution in [0.5, 0.6) is 11.5 Å². The van der Waals surface area contributed by atoms with E-state index in [-0.39, 0.29) is 17.5 Å². The molecule has 110 valence electrons. The van der Waals surface area contributed by atoms with Crippen LogP contribution in [0.1, 0.15) is 29.7 Å². The smallest absolute Gasteiger partial charge is 0.119 e. The molecule has 0 spiro atoms. The van der Waals surface area contributed by atoms with Crippen molar-refractivity contribution in [2.75, 3.05) is 12.3 Å². The fourth-order valence-corrected chi connectivity index (χ4v) is 3.06. The molecule has 1 aliphatic heterocycles. The SMILES string of the molecule is CC(c1cc(O)cc(O)c1)N1CCc2c(N)cccc2C1. The number of phenols is 2. The molecule has 1 unspecified atom stereocenters. The zero-order chi connectivity index (χ0) is 15.0. The number of anilines is 1. The van der Waals surface area contributed by atoms with Crippen molar-refractivity contribution in [3.8, 4) is 11.5 Å². The Morgan fingerprint density at radius 3 is 2.57 bits per heavy atom. The summed E-state index contributed by atoms with van der Waals surface area (Å²) in [5.41, 5.74) is 10.3. The van der Waals surface area contributed by atoms with Gasteiger partial charge in [-0.3, -0.25) is 4.90 Å². The minimum Gasteiger partial charge on any atom is -0.508 e. The third kappa shape index (κ3) is 2.67. The normalized spacial score (nSPS) is 16.4. The second kappa shape index (κ2) is 5.30. The van der Waals surface area contributed by atoms with E-state index < -0.39 is 0 Å². The predicted octanol–water partition coefficient (Wildman–Crippen LogP) is 2.80. The third-order valence-electron chi connectivity index (χ3n) is 4.29. The summed E-state index contributed by atoms with van der Waals surface area (Å²) in [5, 5.41) is 19.3. The van der Waals surface area contributed by atoms with E-state index in [0.29, 0.717) is 0 Å². The van der Waals surface area contributed by atoms with Gasteiger partial charge >= 0.3 is 0 Å². The van der Waals surface area contributed by atoms with Gasteiger partial charge in [0.25, 0.3) is 0 Å². The van der Waals surface area contributed by atoms with Gasteiger partial charge in [0, 0.05) is 30.9 Å². The fourth-order valence-electron chi connectivity index (χ4n) is 3.06. The molecule has 0 amide bonds. The van der Waals surface area contributed by atoms with Crippen LogP contribution in [-0.2, 0) is 13.0 Å². The first-order valence-corrected chi connectivity index (χ1v) is 7.18. The topological polar surface area (TPSA) is 69.7 Å². The van der Waals surface area contributed by atoms with Crippen LogP contribution in [0.2, 0.25) is 0 Å². The Bertz CT molecular complexity index is 650. The lowest BCUT2D eigenvalue weighted by Crippen LogP contribution is -2.33. The molecule has 0 bridgehead atoms. The molecule has 3 rings (SSSR count). The van der Waals surface area contributed by atoms with Crippen molar-refractivity contribution in [3.63, 3.8) is 0 Å². The molecule has 1 atom stereocenters. The molecule has 2 aromatic carbocycles. The minimum absolute atomic E-state index is 0.0958. The number of fused-ring (bicyclic) bond motifs is 1. The van der Waals surface area contributed by atoms with Crippen LogP contribution in [0.15, 0.2) is 36.4 Å². The largest absolute Gasteiger partial charge is 0.508 e. The number of rotatable bonds is 2. The average Bonchev–Trinajstić information content (AvgIpc) is 2.45. The van der Waals surface area contributed by atoms with Crippen LogP contribution in [0.3, 0.4) is 0 Å². The second-order valence-electron chi connectivity index (χ2n) is 5.66. The summed E-state index contributed by atoms with van der Waals surface area (Å²) in [6.45, 7) is 3.84. The highest BCUT2D eigenvalue weighted by Crippen LogP contribution is 2.32. The zero-order valence-corrected chi connectivity index (χ0v) is 12.1. The first-order chi connectivity index (χ1) is 10.0. The van der Waals surface area contributed by atoms with Gasteiger partial charge in [-0.2, -0.15) is 0 Å². The molecule has 1 heterocycles. The molecule has 0 radical (unpaired) electrons. The molecule has 4 heteroatoms. The minimum atomic E-state index is 0.0958. The zero-order valence-electron chi connectivity index (χ0n) is 12.1. The van der Waals surface area contributed by atoms with Crippen molar-refractivity contribution in [2.45, 2.75) is 25.9 Å². The second-order valence-corrected chi connectivity index (χ2v) is 5.66. The van der Waals surface area contributed by atoms with Crippen LogP contribution in [0.25, 0.3) is 0 Å². The van der Waals surface area contributed by atoms with E-state index in [9.17, 15) is 10.2 Å². The number of nitrogens with zero attached hydrogens (tertiary/aromatic N) is 1. The van der Waals surface area contributed by atoms with Crippen LogP contribution >= 0.6 is 0 Å². The van der Waals surface area contributed by atoms with Crippen LogP contribution in [0.4, 0.5) is 5.69 Å².